The third kappa shape index (κ3) is 8.18. The Kier molecular flexibility index (Phi) is 12.9. The molecule has 2 aromatic heterocycles. The molecule has 0 radical (unpaired) electrons. The van der Waals surface area contributed by atoms with Gasteiger partial charge in [-0.1, -0.05) is 122 Å². The van der Waals surface area contributed by atoms with E-state index >= 15 is 0 Å². The van der Waals surface area contributed by atoms with E-state index in [1.54, 1.807) is 7.05 Å². The molecule has 0 saturated carbocycles. The van der Waals surface area contributed by atoms with Gasteiger partial charge in [-0.2, -0.15) is 0 Å². The Balaban J connectivity index is 1.81. The number of nitrogens with zero attached hydrogens (tertiary/aromatic N) is 3. The van der Waals surface area contributed by atoms with Crippen LogP contribution in [-0.2, 0) is 13.6 Å². The monoisotopic (exact) mass is 522 g/mol. The number of aryl methyl sites for hydroxylation is 1. The second-order valence-electron chi connectivity index (χ2n) is 10.9. The minimum absolute atomic E-state index is 0.270. The van der Waals surface area contributed by atoms with Crippen molar-refractivity contribution in [3.8, 4) is 0 Å². The Morgan fingerprint density at radius 3 is 1.92 bits per heavy atom. The first kappa shape index (κ1) is 29.9. The number of aromatic nitrogens is 3. The van der Waals surface area contributed by atoms with E-state index in [0.29, 0.717) is 17.6 Å². The zero-order valence-electron chi connectivity index (χ0n) is 24.2. The average molecular weight is 523 g/mol. The van der Waals surface area contributed by atoms with Gasteiger partial charge in [0.1, 0.15) is 11.0 Å². The molecule has 0 aliphatic heterocycles. The SMILES string of the molecule is CCCCCCCCCCCCn1c2ccccc2c(=NCCCCCCCC)c2c(=O)n(C)c(=O)[nH]c21. The van der Waals surface area contributed by atoms with Crippen LogP contribution in [0.25, 0.3) is 21.9 Å². The van der Waals surface area contributed by atoms with E-state index in [1.165, 1.54) is 81.6 Å². The molecular weight excluding hydrogens is 472 g/mol. The molecule has 210 valence electrons. The second-order valence-corrected chi connectivity index (χ2v) is 10.9. The standard InChI is InChI=1S/C32H50N4O2/c1-4-6-8-10-12-13-14-15-17-21-25-36-27-23-19-18-22-26(27)29(33-24-20-16-11-9-7-5-2)28-30(36)34-32(38)35(3)31(28)37/h18-19,22-23H,4-17,20-21,24-25H2,1-3H3,(H,34,38). The number of H-pyrrole nitrogens is 1. The van der Waals surface area contributed by atoms with Gasteiger partial charge in [0, 0.05) is 25.5 Å². The van der Waals surface area contributed by atoms with Crippen molar-refractivity contribution in [2.24, 2.45) is 12.0 Å². The van der Waals surface area contributed by atoms with E-state index in [0.717, 1.165) is 48.5 Å². The summed E-state index contributed by atoms with van der Waals surface area (Å²) in [5.74, 6) is 0. The Morgan fingerprint density at radius 1 is 0.737 bits per heavy atom. The third-order valence-corrected chi connectivity index (χ3v) is 7.76. The highest BCUT2D eigenvalue weighted by molar-refractivity contribution is 5.91. The zero-order valence-corrected chi connectivity index (χ0v) is 24.2. The fourth-order valence-electron chi connectivity index (χ4n) is 5.43. The van der Waals surface area contributed by atoms with Crippen LogP contribution in [0.4, 0.5) is 0 Å². The van der Waals surface area contributed by atoms with Gasteiger partial charge in [-0.05, 0) is 18.9 Å². The molecule has 0 fully saturated rings. The molecular formula is C32H50N4O2. The first-order chi connectivity index (χ1) is 18.6. The molecule has 0 aliphatic rings. The molecule has 2 heterocycles. The number of unbranched alkanes of at least 4 members (excludes halogenated alkanes) is 14. The summed E-state index contributed by atoms with van der Waals surface area (Å²) in [5.41, 5.74) is 0.987. The minimum atomic E-state index is -0.378. The molecule has 1 N–H and O–H groups in total. The smallest absolute Gasteiger partial charge is 0.326 e. The van der Waals surface area contributed by atoms with Crippen LogP contribution in [0.2, 0.25) is 0 Å². The number of hydrogen-bond donors (Lipinski definition) is 1. The van der Waals surface area contributed by atoms with E-state index in [-0.39, 0.29) is 11.2 Å². The van der Waals surface area contributed by atoms with Gasteiger partial charge in [-0.3, -0.25) is 19.3 Å². The van der Waals surface area contributed by atoms with Crippen LogP contribution >= 0.6 is 0 Å². The van der Waals surface area contributed by atoms with Crippen molar-refractivity contribution in [1.29, 1.82) is 0 Å². The molecule has 0 atom stereocenters. The van der Waals surface area contributed by atoms with Gasteiger partial charge in [-0.25, -0.2) is 4.79 Å². The molecule has 0 bridgehead atoms. The summed E-state index contributed by atoms with van der Waals surface area (Å²) in [6, 6.07) is 8.19. The molecule has 0 saturated heterocycles. The third-order valence-electron chi connectivity index (χ3n) is 7.76. The van der Waals surface area contributed by atoms with Gasteiger partial charge in [0.15, 0.2) is 0 Å². The molecule has 0 spiro atoms. The predicted octanol–water partition coefficient (Wildman–Crippen LogP) is 7.36. The number of hydrogen-bond acceptors (Lipinski definition) is 3. The van der Waals surface area contributed by atoms with E-state index in [9.17, 15) is 9.59 Å². The summed E-state index contributed by atoms with van der Waals surface area (Å²) >= 11 is 0. The van der Waals surface area contributed by atoms with Crippen molar-refractivity contribution in [2.75, 3.05) is 6.54 Å². The molecule has 6 nitrogen and oxygen atoms in total. The molecule has 0 aliphatic carbocycles. The minimum Gasteiger partial charge on any atom is -0.326 e. The van der Waals surface area contributed by atoms with E-state index < -0.39 is 0 Å². The quantitative estimate of drug-likeness (QED) is 0.140. The lowest BCUT2D eigenvalue weighted by atomic mass is 10.1. The zero-order chi connectivity index (χ0) is 27.2. The average Bonchev–Trinajstić information content (AvgIpc) is 2.93. The Morgan fingerprint density at radius 2 is 1.29 bits per heavy atom. The number of rotatable bonds is 18. The fraction of sp³-hybridized carbons (Fsp3) is 0.656. The molecule has 38 heavy (non-hydrogen) atoms. The van der Waals surface area contributed by atoms with Gasteiger partial charge in [-0.15, -0.1) is 0 Å². The Labute approximate surface area is 228 Å². The van der Waals surface area contributed by atoms with Gasteiger partial charge < -0.3 is 4.57 Å². The molecule has 1 aromatic carbocycles. The number of nitrogens with one attached hydrogen (secondary N) is 1. The number of pyridine rings is 1. The molecule has 0 amide bonds. The summed E-state index contributed by atoms with van der Waals surface area (Å²) in [7, 11) is 1.54. The second kappa shape index (κ2) is 16.4. The molecule has 6 heteroatoms. The summed E-state index contributed by atoms with van der Waals surface area (Å²) in [6.07, 6.45) is 19.9. The van der Waals surface area contributed by atoms with Crippen molar-refractivity contribution in [3.63, 3.8) is 0 Å². The van der Waals surface area contributed by atoms with Crippen LogP contribution < -0.4 is 16.6 Å². The first-order valence-corrected chi connectivity index (χ1v) is 15.3. The lowest BCUT2D eigenvalue weighted by Gasteiger charge is -2.16. The van der Waals surface area contributed by atoms with E-state index in [2.05, 4.69) is 35.5 Å². The van der Waals surface area contributed by atoms with Crippen LogP contribution in [0.15, 0.2) is 38.8 Å². The number of benzene rings is 1. The summed E-state index contributed by atoms with van der Waals surface area (Å²) in [6.45, 7) is 5.95. The van der Waals surface area contributed by atoms with Crippen molar-refractivity contribution in [2.45, 2.75) is 123 Å². The maximum atomic E-state index is 13.4. The summed E-state index contributed by atoms with van der Waals surface area (Å²) < 4.78 is 3.31. The largest absolute Gasteiger partial charge is 0.329 e. The lowest BCUT2D eigenvalue weighted by Crippen LogP contribution is -2.36. The molecule has 0 unspecified atom stereocenters. The van der Waals surface area contributed by atoms with E-state index in [4.69, 9.17) is 4.99 Å². The van der Waals surface area contributed by atoms with Crippen LogP contribution in [-0.4, -0.2) is 20.7 Å². The van der Waals surface area contributed by atoms with Crippen molar-refractivity contribution in [3.05, 3.63) is 50.5 Å². The maximum Gasteiger partial charge on any atom is 0.329 e. The highest BCUT2D eigenvalue weighted by Gasteiger charge is 2.15. The van der Waals surface area contributed by atoms with Gasteiger partial charge in [0.2, 0.25) is 0 Å². The van der Waals surface area contributed by atoms with Crippen LogP contribution in [0.5, 0.6) is 0 Å². The fourth-order valence-corrected chi connectivity index (χ4v) is 5.43. The lowest BCUT2D eigenvalue weighted by molar-refractivity contribution is 0.540. The Hall–Kier alpha value is -2.63. The molecule has 3 rings (SSSR count). The van der Waals surface area contributed by atoms with E-state index in [1.807, 2.05) is 12.1 Å². The highest BCUT2D eigenvalue weighted by atomic mass is 16.2. The molecule has 3 aromatic rings. The van der Waals surface area contributed by atoms with Crippen molar-refractivity contribution >= 4 is 21.9 Å². The topological polar surface area (TPSA) is 72.2 Å². The van der Waals surface area contributed by atoms with Gasteiger partial charge in [0.25, 0.3) is 5.56 Å². The maximum absolute atomic E-state index is 13.4. The van der Waals surface area contributed by atoms with Crippen molar-refractivity contribution in [1.82, 2.24) is 14.1 Å². The number of aromatic amines is 1. The summed E-state index contributed by atoms with van der Waals surface area (Å²) in [4.78, 5) is 34.0. The van der Waals surface area contributed by atoms with Crippen LogP contribution in [0, 0.1) is 0 Å². The normalized spacial score (nSPS) is 12.2. The first-order valence-electron chi connectivity index (χ1n) is 15.3. The van der Waals surface area contributed by atoms with Gasteiger partial charge >= 0.3 is 5.69 Å². The number of para-hydroxylation sites is 1. The van der Waals surface area contributed by atoms with Crippen molar-refractivity contribution < 1.29 is 0 Å². The highest BCUT2D eigenvalue weighted by Crippen LogP contribution is 2.18. The number of fused-ring (bicyclic) bond motifs is 2. The van der Waals surface area contributed by atoms with Gasteiger partial charge in [0.05, 0.1) is 10.9 Å². The Bertz CT molecular complexity index is 1320. The predicted molar refractivity (Wildman–Crippen MR) is 161 cm³/mol. The van der Waals surface area contributed by atoms with Crippen LogP contribution in [0.3, 0.4) is 0 Å². The van der Waals surface area contributed by atoms with Crippen LogP contribution in [0.1, 0.15) is 117 Å². The summed E-state index contributed by atoms with van der Waals surface area (Å²) in [5, 5.41) is 2.24.